The average molecular weight is 340 g/mol. The number of benzene rings is 2. The highest BCUT2D eigenvalue weighted by Gasteiger charge is 2.18. The largest absolute Gasteiger partial charge is 0.366 e. The van der Waals surface area contributed by atoms with Gasteiger partial charge in [0.05, 0.1) is 27.5 Å². The standard InChI is InChI=1S/C17H16N4O2S/c1-10(24-17-20-13-8-4-5-9-14(13)21-17)16(23)19-12-7-3-2-6-11(12)15(18)22/h2-10H,1H3,(H2,18,22)(H,19,23)(H,20,21). The van der Waals surface area contributed by atoms with Crippen molar-refractivity contribution in [2.75, 3.05) is 5.32 Å². The number of hydrogen-bond acceptors (Lipinski definition) is 4. The lowest BCUT2D eigenvalue weighted by Gasteiger charge is -2.12. The van der Waals surface area contributed by atoms with Gasteiger partial charge in [-0.3, -0.25) is 9.59 Å². The molecule has 0 saturated heterocycles. The summed E-state index contributed by atoms with van der Waals surface area (Å²) < 4.78 is 0. The molecule has 1 atom stereocenters. The molecule has 0 saturated carbocycles. The van der Waals surface area contributed by atoms with Gasteiger partial charge in [0.25, 0.3) is 5.91 Å². The van der Waals surface area contributed by atoms with Crippen LogP contribution < -0.4 is 11.1 Å². The highest BCUT2D eigenvalue weighted by atomic mass is 32.2. The number of primary amides is 1. The fourth-order valence-electron chi connectivity index (χ4n) is 2.25. The Kier molecular flexibility index (Phi) is 4.52. The first-order valence-electron chi connectivity index (χ1n) is 7.35. The van der Waals surface area contributed by atoms with Crippen molar-refractivity contribution in [2.24, 2.45) is 5.73 Å². The smallest absolute Gasteiger partial charge is 0.250 e. The molecule has 1 heterocycles. The second kappa shape index (κ2) is 6.76. The number of H-pyrrole nitrogens is 1. The predicted molar refractivity (Wildman–Crippen MR) is 95.0 cm³/mol. The number of fused-ring (bicyclic) bond motifs is 1. The van der Waals surface area contributed by atoms with Gasteiger partial charge >= 0.3 is 0 Å². The van der Waals surface area contributed by atoms with E-state index in [-0.39, 0.29) is 11.5 Å². The van der Waals surface area contributed by atoms with E-state index in [4.69, 9.17) is 5.73 Å². The summed E-state index contributed by atoms with van der Waals surface area (Å²) in [6, 6.07) is 14.3. The van der Waals surface area contributed by atoms with Crippen molar-refractivity contribution >= 4 is 40.3 Å². The maximum atomic E-state index is 12.4. The highest BCUT2D eigenvalue weighted by Crippen LogP contribution is 2.24. The second-order valence-corrected chi connectivity index (χ2v) is 6.55. The summed E-state index contributed by atoms with van der Waals surface area (Å²) in [7, 11) is 0. The minimum absolute atomic E-state index is 0.228. The van der Waals surface area contributed by atoms with Crippen LogP contribution in [0.1, 0.15) is 17.3 Å². The molecule has 0 aliphatic carbocycles. The van der Waals surface area contributed by atoms with Crippen molar-refractivity contribution in [2.45, 2.75) is 17.3 Å². The molecule has 0 fully saturated rings. The molecule has 6 nitrogen and oxygen atoms in total. The van der Waals surface area contributed by atoms with Gasteiger partial charge in [-0.1, -0.05) is 36.0 Å². The Morgan fingerprint density at radius 3 is 2.62 bits per heavy atom. The predicted octanol–water partition coefficient (Wildman–Crippen LogP) is 2.78. The van der Waals surface area contributed by atoms with Crippen LogP contribution in [0.2, 0.25) is 0 Å². The van der Waals surface area contributed by atoms with Crippen LogP contribution in [0.4, 0.5) is 5.69 Å². The molecule has 0 aliphatic heterocycles. The van der Waals surface area contributed by atoms with Crippen LogP contribution in [0.15, 0.2) is 53.7 Å². The number of nitrogens with two attached hydrogens (primary N) is 1. The minimum Gasteiger partial charge on any atom is -0.366 e. The summed E-state index contributed by atoms with van der Waals surface area (Å²) in [5.74, 6) is -0.808. The Bertz CT molecular complexity index is 873. The third-order valence-corrected chi connectivity index (χ3v) is 4.46. The number of carbonyl (C=O) groups is 2. The Morgan fingerprint density at radius 2 is 1.88 bits per heavy atom. The number of hydrogen-bond donors (Lipinski definition) is 3. The van der Waals surface area contributed by atoms with Crippen LogP contribution in [0, 0.1) is 0 Å². The van der Waals surface area contributed by atoms with Gasteiger partial charge in [0, 0.05) is 0 Å². The number of aromatic nitrogens is 2. The minimum atomic E-state index is -0.580. The number of anilines is 1. The van der Waals surface area contributed by atoms with E-state index in [1.165, 1.54) is 11.8 Å². The van der Waals surface area contributed by atoms with E-state index in [1.54, 1.807) is 31.2 Å². The molecule has 24 heavy (non-hydrogen) atoms. The van der Waals surface area contributed by atoms with Crippen LogP contribution in [0.25, 0.3) is 11.0 Å². The van der Waals surface area contributed by atoms with Crippen molar-refractivity contribution in [1.29, 1.82) is 0 Å². The van der Waals surface area contributed by atoms with Crippen LogP contribution in [0.3, 0.4) is 0 Å². The van der Waals surface area contributed by atoms with Crippen molar-refractivity contribution in [3.63, 3.8) is 0 Å². The Hall–Kier alpha value is -2.80. The highest BCUT2D eigenvalue weighted by molar-refractivity contribution is 8.00. The van der Waals surface area contributed by atoms with E-state index in [0.29, 0.717) is 10.8 Å². The number of carbonyl (C=O) groups excluding carboxylic acids is 2. The van der Waals surface area contributed by atoms with Crippen molar-refractivity contribution in [3.05, 3.63) is 54.1 Å². The summed E-state index contributed by atoms with van der Waals surface area (Å²) in [6.45, 7) is 1.78. The number of rotatable bonds is 5. The van der Waals surface area contributed by atoms with Gasteiger partial charge in [-0.2, -0.15) is 0 Å². The topological polar surface area (TPSA) is 101 Å². The van der Waals surface area contributed by atoms with Gasteiger partial charge in [-0.05, 0) is 31.2 Å². The molecule has 0 spiro atoms. The van der Waals surface area contributed by atoms with Crippen LogP contribution in [0.5, 0.6) is 0 Å². The molecule has 0 aliphatic rings. The lowest BCUT2D eigenvalue weighted by Crippen LogP contribution is -2.24. The first-order valence-corrected chi connectivity index (χ1v) is 8.23. The van der Waals surface area contributed by atoms with Crippen molar-refractivity contribution < 1.29 is 9.59 Å². The van der Waals surface area contributed by atoms with Gasteiger partial charge in [-0.15, -0.1) is 0 Å². The van der Waals surface area contributed by atoms with Gasteiger partial charge < -0.3 is 16.0 Å². The van der Waals surface area contributed by atoms with E-state index >= 15 is 0 Å². The van der Waals surface area contributed by atoms with E-state index in [2.05, 4.69) is 15.3 Å². The summed E-state index contributed by atoms with van der Waals surface area (Å²) >= 11 is 1.32. The first-order chi connectivity index (χ1) is 11.5. The Balaban J connectivity index is 1.72. The van der Waals surface area contributed by atoms with Crippen LogP contribution >= 0.6 is 11.8 Å². The normalized spacial score (nSPS) is 12.0. The molecule has 0 bridgehead atoms. The lowest BCUT2D eigenvalue weighted by atomic mass is 10.1. The maximum absolute atomic E-state index is 12.4. The summed E-state index contributed by atoms with van der Waals surface area (Å²) in [5, 5.41) is 3.02. The van der Waals surface area contributed by atoms with E-state index in [9.17, 15) is 9.59 Å². The number of amides is 2. The summed E-state index contributed by atoms with van der Waals surface area (Å²) in [4.78, 5) is 31.4. The van der Waals surface area contributed by atoms with Gasteiger partial charge in [0.1, 0.15) is 0 Å². The molecule has 0 radical (unpaired) electrons. The Labute approximate surface area is 142 Å². The lowest BCUT2D eigenvalue weighted by molar-refractivity contribution is -0.115. The molecule has 3 rings (SSSR count). The van der Waals surface area contributed by atoms with Crippen LogP contribution in [-0.2, 0) is 4.79 Å². The first kappa shape index (κ1) is 16.1. The molecule has 4 N–H and O–H groups in total. The quantitative estimate of drug-likeness (QED) is 0.622. The second-order valence-electron chi connectivity index (χ2n) is 5.22. The van der Waals surface area contributed by atoms with Gasteiger partial charge in [0.2, 0.25) is 5.91 Å². The molecule has 1 aromatic heterocycles. The van der Waals surface area contributed by atoms with Crippen molar-refractivity contribution in [3.8, 4) is 0 Å². The third kappa shape index (κ3) is 3.41. The van der Waals surface area contributed by atoms with E-state index < -0.39 is 11.2 Å². The Morgan fingerprint density at radius 1 is 1.17 bits per heavy atom. The third-order valence-electron chi connectivity index (χ3n) is 3.48. The zero-order valence-corrected chi connectivity index (χ0v) is 13.8. The maximum Gasteiger partial charge on any atom is 0.250 e. The molecule has 2 amide bonds. The molecule has 3 aromatic rings. The molecule has 7 heteroatoms. The SMILES string of the molecule is CC(Sc1nc2ccccc2[nH]1)C(=O)Nc1ccccc1C(N)=O. The molecule has 2 aromatic carbocycles. The van der Waals surface area contributed by atoms with Crippen LogP contribution in [-0.4, -0.2) is 27.0 Å². The van der Waals surface area contributed by atoms with E-state index in [1.807, 2.05) is 24.3 Å². The number of para-hydroxylation sites is 3. The number of nitrogens with one attached hydrogen (secondary N) is 2. The number of thioether (sulfide) groups is 1. The summed E-state index contributed by atoms with van der Waals surface area (Å²) in [5.41, 5.74) is 7.79. The summed E-state index contributed by atoms with van der Waals surface area (Å²) in [6.07, 6.45) is 0. The molecule has 1 unspecified atom stereocenters. The monoisotopic (exact) mass is 340 g/mol. The molecular formula is C17H16N4O2S. The zero-order chi connectivity index (χ0) is 17.1. The van der Waals surface area contributed by atoms with Gasteiger partial charge in [-0.25, -0.2) is 4.98 Å². The fraction of sp³-hybridized carbons (Fsp3) is 0.118. The number of aromatic amines is 1. The number of nitrogens with zero attached hydrogens (tertiary/aromatic N) is 1. The molecule has 122 valence electrons. The number of imidazole rings is 1. The zero-order valence-electron chi connectivity index (χ0n) is 12.9. The molecular weight excluding hydrogens is 324 g/mol. The van der Waals surface area contributed by atoms with Gasteiger partial charge in [0.15, 0.2) is 5.16 Å². The fourth-order valence-corrected chi connectivity index (χ4v) is 3.07. The average Bonchev–Trinajstić information content (AvgIpc) is 2.97. The van der Waals surface area contributed by atoms with E-state index in [0.717, 1.165) is 11.0 Å². The van der Waals surface area contributed by atoms with Crippen molar-refractivity contribution in [1.82, 2.24) is 9.97 Å².